The van der Waals surface area contributed by atoms with E-state index in [1.807, 2.05) is 0 Å². The number of aliphatic hydroxyl groups is 1. The van der Waals surface area contributed by atoms with E-state index in [1.54, 1.807) is 4.72 Å². The molecule has 0 bridgehead atoms. The molecule has 0 aliphatic heterocycles. The predicted octanol–water partition coefficient (Wildman–Crippen LogP) is 0.352. The second-order valence-electron chi connectivity index (χ2n) is 3.26. The van der Waals surface area contributed by atoms with Gasteiger partial charge in [0.15, 0.2) is 0 Å². The van der Waals surface area contributed by atoms with Crippen LogP contribution in [0.1, 0.15) is 9.67 Å². The van der Waals surface area contributed by atoms with Crippen molar-refractivity contribution >= 4 is 27.3 Å². The molecule has 1 rings (SSSR count). The Balaban J connectivity index is 2.83. The molecule has 6 nitrogen and oxygen atoms in total. The third-order valence-corrected chi connectivity index (χ3v) is 4.78. The zero-order valence-corrected chi connectivity index (χ0v) is 10.4. The number of halogens is 2. The molecular weight excluding hydrogens is 292 g/mol. The Bertz CT molecular complexity index is 539. The Kier molecular flexibility index (Phi) is 4.37. The molecular formula is C8H9F2NO5S2. The molecule has 0 unspecified atom stereocenters. The van der Waals surface area contributed by atoms with E-state index < -0.39 is 35.1 Å². The average molecular weight is 301 g/mol. The highest BCUT2D eigenvalue weighted by atomic mass is 32.2. The smallest absolute Gasteiger partial charge is 0.345 e. The fraction of sp³-hybridized carbons (Fsp3) is 0.375. The first-order chi connectivity index (χ1) is 8.18. The molecule has 0 aliphatic carbocycles. The van der Waals surface area contributed by atoms with E-state index in [0.717, 1.165) is 12.1 Å². The van der Waals surface area contributed by atoms with Crippen molar-refractivity contribution in [2.45, 2.75) is 10.1 Å². The zero-order chi connectivity index (χ0) is 14.0. The van der Waals surface area contributed by atoms with Gasteiger partial charge < -0.3 is 10.2 Å². The zero-order valence-electron chi connectivity index (χ0n) is 8.76. The molecule has 0 aliphatic rings. The first-order valence-corrected chi connectivity index (χ1v) is 6.79. The summed E-state index contributed by atoms with van der Waals surface area (Å²) in [6.07, 6.45) is 0. The van der Waals surface area contributed by atoms with Gasteiger partial charge in [-0.1, -0.05) is 0 Å². The number of sulfonamides is 1. The Labute approximate surface area is 105 Å². The minimum Gasteiger partial charge on any atom is -0.477 e. The number of aliphatic hydroxyl groups excluding tert-OH is 1. The Hall–Kier alpha value is -1.10. The summed E-state index contributed by atoms with van der Waals surface area (Å²) in [5, 5.41) is 16.9. The minimum atomic E-state index is -4.20. The maximum atomic E-state index is 12.7. The molecule has 0 atom stereocenters. The molecule has 1 aromatic rings. The first-order valence-electron chi connectivity index (χ1n) is 4.49. The molecule has 0 saturated carbocycles. The number of carboxylic acids is 1. The Morgan fingerprint density at radius 2 is 2.06 bits per heavy atom. The molecule has 18 heavy (non-hydrogen) atoms. The number of rotatable bonds is 6. The van der Waals surface area contributed by atoms with Crippen LogP contribution in [-0.4, -0.2) is 43.7 Å². The maximum Gasteiger partial charge on any atom is 0.345 e. The number of hydrogen-bond acceptors (Lipinski definition) is 5. The van der Waals surface area contributed by atoms with Gasteiger partial charge in [0.05, 0.1) is 6.54 Å². The van der Waals surface area contributed by atoms with Crippen LogP contribution in [0.25, 0.3) is 0 Å². The van der Waals surface area contributed by atoms with Crippen LogP contribution in [0.4, 0.5) is 8.78 Å². The van der Waals surface area contributed by atoms with E-state index in [1.165, 1.54) is 0 Å². The SMILES string of the molecule is O=C(O)c1ccc(S(=O)(=O)NCC(F)(F)CO)s1. The average Bonchev–Trinajstić information content (AvgIpc) is 2.77. The van der Waals surface area contributed by atoms with E-state index in [9.17, 15) is 22.0 Å². The molecule has 0 radical (unpaired) electrons. The highest BCUT2D eigenvalue weighted by Crippen LogP contribution is 2.22. The predicted molar refractivity (Wildman–Crippen MR) is 58.5 cm³/mol. The minimum absolute atomic E-state index is 0.218. The lowest BCUT2D eigenvalue weighted by Gasteiger charge is -2.13. The van der Waals surface area contributed by atoms with Crippen LogP contribution in [0, 0.1) is 0 Å². The summed E-state index contributed by atoms with van der Waals surface area (Å²) in [6.45, 7) is -2.74. The van der Waals surface area contributed by atoms with Crippen LogP contribution in [0.3, 0.4) is 0 Å². The van der Waals surface area contributed by atoms with Crippen molar-refractivity contribution in [3.05, 3.63) is 17.0 Å². The van der Waals surface area contributed by atoms with Gasteiger partial charge in [-0.25, -0.2) is 26.7 Å². The van der Waals surface area contributed by atoms with Gasteiger partial charge in [0.1, 0.15) is 15.7 Å². The van der Waals surface area contributed by atoms with E-state index in [-0.39, 0.29) is 9.09 Å². The molecule has 0 spiro atoms. The van der Waals surface area contributed by atoms with E-state index in [4.69, 9.17) is 10.2 Å². The fourth-order valence-corrected chi connectivity index (χ4v) is 3.16. The second-order valence-corrected chi connectivity index (χ2v) is 6.34. The normalized spacial score (nSPS) is 12.6. The summed E-state index contributed by atoms with van der Waals surface area (Å²) < 4.78 is 49.6. The highest BCUT2D eigenvalue weighted by Gasteiger charge is 2.30. The summed E-state index contributed by atoms with van der Waals surface area (Å²) in [4.78, 5) is 10.3. The van der Waals surface area contributed by atoms with Crippen molar-refractivity contribution in [1.29, 1.82) is 0 Å². The van der Waals surface area contributed by atoms with Crippen molar-refractivity contribution in [3.8, 4) is 0 Å². The van der Waals surface area contributed by atoms with Crippen LogP contribution in [0.2, 0.25) is 0 Å². The van der Waals surface area contributed by atoms with Gasteiger partial charge in [-0.05, 0) is 12.1 Å². The van der Waals surface area contributed by atoms with Gasteiger partial charge in [-0.15, -0.1) is 11.3 Å². The summed E-state index contributed by atoms with van der Waals surface area (Å²) in [5.41, 5.74) is 0. The third kappa shape index (κ3) is 3.70. The lowest BCUT2D eigenvalue weighted by Crippen LogP contribution is -2.38. The lowest BCUT2D eigenvalue weighted by atomic mass is 10.4. The molecule has 1 heterocycles. The quantitative estimate of drug-likeness (QED) is 0.703. The van der Waals surface area contributed by atoms with Gasteiger partial charge in [0.2, 0.25) is 10.0 Å². The number of thiophene rings is 1. The fourth-order valence-electron chi connectivity index (χ4n) is 0.907. The molecule has 0 saturated heterocycles. The molecule has 102 valence electrons. The summed E-state index contributed by atoms with van der Waals surface area (Å²) in [6, 6.07) is 2.07. The molecule has 0 aromatic carbocycles. The van der Waals surface area contributed by atoms with Crippen LogP contribution in [0.5, 0.6) is 0 Å². The summed E-state index contributed by atoms with van der Waals surface area (Å²) in [5.74, 6) is -4.87. The molecule has 0 amide bonds. The largest absolute Gasteiger partial charge is 0.477 e. The summed E-state index contributed by atoms with van der Waals surface area (Å²) >= 11 is 0.449. The first kappa shape index (κ1) is 15.0. The molecule has 1 aromatic heterocycles. The lowest BCUT2D eigenvalue weighted by molar-refractivity contribution is -0.0437. The van der Waals surface area contributed by atoms with Gasteiger partial charge >= 0.3 is 5.97 Å². The number of alkyl halides is 2. The van der Waals surface area contributed by atoms with E-state index in [0.29, 0.717) is 11.3 Å². The van der Waals surface area contributed by atoms with Crippen molar-refractivity contribution in [1.82, 2.24) is 4.72 Å². The standard InChI is InChI=1S/C8H9F2NO5S2/c9-8(10,4-12)3-11-18(15,16)6-2-1-5(17-6)7(13)14/h1-2,11-12H,3-4H2,(H,13,14). The Morgan fingerprint density at radius 3 is 2.50 bits per heavy atom. The highest BCUT2D eigenvalue weighted by molar-refractivity contribution is 7.91. The van der Waals surface area contributed by atoms with Crippen LogP contribution >= 0.6 is 11.3 Å². The van der Waals surface area contributed by atoms with Crippen LogP contribution in [-0.2, 0) is 10.0 Å². The van der Waals surface area contributed by atoms with Crippen molar-refractivity contribution in [2.24, 2.45) is 0 Å². The number of carboxylic acid groups (broad SMARTS) is 1. The Morgan fingerprint density at radius 1 is 1.44 bits per heavy atom. The van der Waals surface area contributed by atoms with Crippen molar-refractivity contribution < 1.29 is 32.2 Å². The summed E-state index contributed by atoms with van der Waals surface area (Å²) in [7, 11) is -4.20. The van der Waals surface area contributed by atoms with Gasteiger partial charge in [0.25, 0.3) is 5.92 Å². The number of carbonyl (C=O) groups is 1. The maximum absolute atomic E-state index is 12.7. The van der Waals surface area contributed by atoms with Crippen molar-refractivity contribution in [3.63, 3.8) is 0 Å². The van der Waals surface area contributed by atoms with Crippen molar-refractivity contribution in [2.75, 3.05) is 13.2 Å². The number of aromatic carboxylic acids is 1. The van der Waals surface area contributed by atoms with Crippen LogP contribution < -0.4 is 4.72 Å². The molecule has 3 N–H and O–H groups in total. The molecule has 10 heteroatoms. The second kappa shape index (κ2) is 5.26. The van der Waals surface area contributed by atoms with Gasteiger partial charge in [0, 0.05) is 0 Å². The van der Waals surface area contributed by atoms with Gasteiger partial charge in [-0.3, -0.25) is 0 Å². The number of hydrogen-bond donors (Lipinski definition) is 3. The van der Waals surface area contributed by atoms with E-state index >= 15 is 0 Å². The number of nitrogens with one attached hydrogen (secondary N) is 1. The molecule has 0 fully saturated rings. The van der Waals surface area contributed by atoms with E-state index in [2.05, 4.69) is 0 Å². The van der Waals surface area contributed by atoms with Gasteiger partial charge in [-0.2, -0.15) is 0 Å². The topological polar surface area (TPSA) is 104 Å². The monoisotopic (exact) mass is 301 g/mol. The third-order valence-electron chi connectivity index (χ3n) is 1.81. The van der Waals surface area contributed by atoms with Crippen LogP contribution in [0.15, 0.2) is 16.3 Å².